The molecular weight excluding hydrogens is 416 g/mol. The highest BCUT2D eigenvalue weighted by Gasteiger charge is 2.58. The molecule has 32 heavy (non-hydrogen) atoms. The lowest BCUT2D eigenvalue weighted by Crippen LogP contribution is -2.60. The standard InChI is InChI=1S/C24H34O8/c1-24-7-6-14-13-5-3-12(31-23-22(30)21(29)20(28)17(10-25)32-23)8-11(13)2-4-15(14)19(24)16(26)9-18(24)27/h3,5,8,14-23,25-30H,2,4,6-7,9-10H2,1H3/t14-,15-,16?,17-,18?,19-,20-,21+,22-,23?,24-/m1/s1. The van der Waals surface area contributed by atoms with Gasteiger partial charge >= 0.3 is 0 Å². The molecule has 6 N–H and O–H groups in total. The fourth-order valence-electron chi connectivity index (χ4n) is 6.97. The number of fused-ring (bicyclic) bond motifs is 5. The number of ether oxygens (including phenoxy) is 2. The van der Waals surface area contributed by atoms with E-state index in [4.69, 9.17) is 9.47 Å². The zero-order valence-corrected chi connectivity index (χ0v) is 18.2. The predicted octanol–water partition coefficient (Wildman–Crippen LogP) is 0.0531. The second kappa shape index (κ2) is 8.20. The van der Waals surface area contributed by atoms with Gasteiger partial charge in [-0.15, -0.1) is 0 Å². The molecule has 4 aliphatic rings. The second-order valence-corrected chi connectivity index (χ2v) is 10.4. The number of aliphatic hydroxyl groups excluding tert-OH is 6. The summed E-state index contributed by atoms with van der Waals surface area (Å²) in [5, 5.41) is 60.8. The van der Waals surface area contributed by atoms with Gasteiger partial charge in [0.25, 0.3) is 0 Å². The maximum Gasteiger partial charge on any atom is 0.229 e. The third-order valence-electron chi connectivity index (χ3n) is 8.74. The molecule has 1 aromatic rings. The van der Waals surface area contributed by atoms with Crippen molar-refractivity contribution < 1.29 is 40.1 Å². The van der Waals surface area contributed by atoms with Crippen molar-refractivity contribution in [3.05, 3.63) is 29.3 Å². The van der Waals surface area contributed by atoms with Crippen molar-refractivity contribution in [1.29, 1.82) is 0 Å². The number of hydrogen-bond acceptors (Lipinski definition) is 8. The monoisotopic (exact) mass is 450 g/mol. The minimum atomic E-state index is -1.48. The Bertz CT molecular complexity index is 845. The van der Waals surface area contributed by atoms with Crippen molar-refractivity contribution in [2.45, 2.75) is 87.9 Å². The van der Waals surface area contributed by atoms with Crippen LogP contribution < -0.4 is 4.74 Å². The van der Waals surface area contributed by atoms with Crippen molar-refractivity contribution in [1.82, 2.24) is 0 Å². The van der Waals surface area contributed by atoms with Gasteiger partial charge in [0.15, 0.2) is 0 Å². The van der Waals surface area contributed by atoms with E-state index in [2.05, 4.69) is 6.92 Å². The van der Waals surface area contributed by atoms with Gasteiger partial charge < -0.3 is 40.1 Å². The molecular formula is C24H34O8. The van der Waals surface area contributed by atoms with Crippen LogP contribution >= 0.6 is 0 Å². The molecule has 178 valence electrons. The molecule has 0 aromatic heterocycles. The Balaban J connectivity index is 1.35. The summed E-state index contributed by atoms with van der Waals surface area (Å²) in [7, 11) is 0. The van der Waals surface area contributed by atoms with Crippen LogP contribution in [0, 0.1) is 17.3 Å². The maximum atomic E-state index is 10.7. The molecule has 0 bridgehead atoms. The first-order valence-electron chi connectivity index (χ1n) is 11.7. The van der Waals surface area contributed by atoms with Crippen LogP contribution in [0.3, 0.4) is 0 Å². The molecule has 1 aliphatic heterocycles. The summed E-state index contributed by atoms with van der Waals surface area (Å²) < 4.78 is 11.3. The number of benzene rings is 1. The van der Waals surface area contributed by atoms with Crippen LogP contribution in [0.1, 0.15) is 49.7 Å². The van der Waals surface area contributed by atoms with Crippen LogP contribution in [0.4, 0.5) is 0 Å². The van der Waals surface area contributed by atoms with E-state index in [0.29, 0.717) is 24.0 Å². The van der Waals surface area contributed by atoms with Gasteiger partial charge in [0.05, 0.1) is 18.8 Å². The summed E-state index contributed by atoms with van der Waals surface area (Å²) in [6.07, 6.45) is -3.37. The number of aliphatic hydroxyl groups is 6. The lowest BCUT2D eigenvalue weighted by atomic mass is 9.55. The molecule has 0 radical (unpaired) electrons. The molecule has 1 aromatic carbocycles. The lowest BCUT2D eigenvalue weighted by molar-refractivity contribution is -0.277. The van der Waals surface area contributed by atoms with Crippen molar-refractivity contribution in [2.24, 2.45) is 17.3 Å². The normalized spacial score (nSPS) is 48.0. The summed E-state index contributed by atoms with van der Waals surface area (Å²) in [5.41, 5.74) is 2.19. The Labute approximate surface area is 187 Å². The molecule has 3 fully saturated rings. The summed E-state index contributed by atoms with van der Waals surface area (Å²) in [6, 6.07) is 5.78. The molecule has 8 nitrogen and oxygen atoms in total. The first-order valence-corrected chi connectivity index (χ1v) is 11.7. The Morgan fingerprint density at radius 2 is 1.84 bits per heavy atom. The summed E-state index contributed by atoms with van der Waals surface area (Å²) in [5.74, 6) is 1.27. The van der Waals surface area contributed by atoms with E-state index in [-0.39, 0.29) is 11.3 Å². The molecule has 3 unspecified atom stereocenters. The summed E-state index contributed by atoms with van der Waals surface area (Å²) in [6.45, 7) is 1.63. The quantitative estimate of drug-likeness (QED) is 0.380. The summed E-state index contributed by atoms with van der Waals surface area (Å²) >= 11 is 0. The number of aryl methyl sites for hydroxylation is 1. The minimum Gasteiger partial charge on any atom is -0.462 e. The number of hydrogen-bond donors (Lipinski definition) is 6. The average molecular weight is 451 g/mol. The molecule has 2 saturated carbocycles. The third kappa shape index (κ3) is 3.39. The Kier molecular flexibility index (Phi) is 5.77. The highest BCUT2D eigenvalue weighted by molar-refractivity contribution is 5.41. The van der Waals surface area contributed by atoms with Gasteiger partial charge in [0.1, 0.15) is 30.2 Å². The molecule has 1 heterocycles. The van der Waals surface area contributed by atoms with Gasteiger partial charge in [-0.05, 0) is 72.1 Å². The fourth-order valence-corrected chi connectivity index (χ4v) is 6.97. The first kappa shape index (κ1) is 22.5. The molecule has 5 rings (SSSR count). The van der Waals surface area contributed by atoms with Crippen molar-refractivity contribution in [3.63, 3.8) is 0 Å². The zero-order valence-electron chi connectivity index (χ0n) is 18.2. The van der Waals surface area contributed by atoms with E-state index in [1.807, 2.05) is 18.2 Å². The van der Waals surface area contributed by atoms with Crippen LogP contribution in [-0.2, 0) is 11.2 Å². The molecule has 8 heteroatoms. The Morgan fingerprint density at radius 3 is 2.59 bits per heavy atom. The highest BCUT2D eigenvalue weighted by atomic mass is 16.7. The van der Waals surface area contributed by atoms with Crippen molar-refractivity contribution in [2.75, 3.05) is 6.61 Å². The molecule has 1 saturated heterocycles. The first-order chi connectivity index (χ1) is 15.2. The number of rotatable bonds is 3. The van der Waals surface area contributed by atoms with Crippen molar-refractivity contribution in [3.8, 4) is 5.75 Å². The fraction of sp³-hybridized carbons (Fsp3) is 0.750. The third-order valence-corrected chi connectivity index (χ3v) is 8.74. The van der Waals surface area contributed by atoms with E-state index in [0.717, 1.165) is 31.2 Å². The van der Waals surface area contributed by atoms with Gasteiger partial charge in [-0.1, -0.05) is 13.0 Å². The van der Waals surface area contributed by atoms with Crippen LogP contribution in [0.2, 0.25) is 0 Å². The average Bonchev–Trinajstić information content (AvgIpc) is 3.02. The molecule has 0 spiro atoms. The van der Waals surface area contributed by atoms with Crippen LogP contribution in [-0.4, -0.2) is 80.2 Å². The van der Waals surface area contributed by atoms with Crippen LogP contribution in [0.25, 0.3) is 0 Å². The summed E-state index contributed by atoms with van der Waals surface area (Å²) in [4.78, 5) is 0. The van der Waals surface area contributed by atoms with Crippen molar-refractivity contribution >= 4 is 0 Å². The van der Waals surface area contributed by atoms with Gasteiger partial charge in [-0.25, -0.2) is 0 Å². The Hall–Kier alpha value is -1.26. The van der Waals surface area contributed by atoms with E-state index >= 15 is 0 Å². The minimum absolute atomic E-state index is 0.106. The van der Waals surface area contributed by atoms with Crippen LogP contribution in [0.5, 0.6) is 5.75 Å². The van der Waals surface area contributed by atoms with Gasteiger partial charge in [0.2, 0.25) is 6.29 Å². The van der Waals surface area contributed by atoms with E-state index < -0.39 is 49.5 Å². The van der Waals surface area contributed by atoms with Gasteiger partial charge in [-0.3, -0.25) is 0 Å². The zero-order chi connectivity index (χ0) is 22.8. The topological polar surface area (TPSA) is 140 Å². The molecule has 0 amide bonds. The molecule has 11 atom stereocenters. The largest absolute Gasteiger partial charge is 0.462 e. The smallest absolute Gasteiger partial charge is 0.229 e. The molecule has 3 aliphatic carbocycles. The predicted molar refractivity (Wildman–Crippen MR) is 113 cm³/mol. The van der Waals surface area contributed by atoms with E-state index in [9.17, 15) is 30.6 Å². The van der Waals surface area contributed by atoms with Crippen LogP contribution in [0.15, 0.2) is 18.2 Å². The second-order valence-electron chi connectivity index (χ2n) is 10.4. The van der Waals surface area contributed by atoms with E-state index in [1.165, 1.54) is 5.56 Å². The van der Waals surface area contributed by atoms with Gasteiger partial charge in [-0.2, -0.15) is 0 Å². The highest BCUT2D eigenvalue weighted by Crippen LogP contribution is 2.61. The maximum absolute atomic E-state index is 10.7. The Morgan fingerprint density at radius 1 is 1.06 bits per heavy atom. The van der Waals surface area contributed by atoms with E-state index in [1.54, 1.807) is 0 Å². The SMILES string of the molecule is C[C@]12CC[C@@H]3c4ccc(OC5O[C@H](CO)[C@@H](O)[C@H](O)[C@H]5O)cc4CC[C@H]3[C@@H]1C(O)CC2O. The van der Waals surface area contributed by atoms with Gasteiger partial charge in [0, 0.05) is 6.42 Å². The lowest BCUT2D eigenvalue weighted by Gasteiger charge is -2.50.